The van der Waals surface area contributed by atoms with Crippen LogP contribution in [0.3, 0.4) is 0 Å². The predicted molar refractivity (Wildman–Crippen MR) is 119 cm³/mol. The number of ether oxygens (including phenoxy) is 3. The van der Waals surface area contributed by atoms with Crippen LogP contribution in [-0.2, 0) is 16.0 Å². The zero-order valence-electron chi connectivity index (χ0n) is 19.6. The molecule has 0 aliphatic carbocycles. The summed E-state index contributed by atoms with van der Waals surface area (Å²) in [7, 11) is 3.37. The number of esters is 1. The predicted octanol–water partition coefficient (Wildman–Crippen LogP) is 5.02. The molecule has 2 aliphatic heterocycles. The summed E-state index contributed by atoms with van der Waals surface area (Å²) in [6, 6.07) is 4.51. The lowest BCUT2D eigenvalue weighted by molar-refractivity contribution is -0.158. The average Bonchev–Trinajstić information content (AvgIpc) is 2.71. The highest BCUT2D eigenvalue weighted by Gasteiger charge is 2.41. The van der Waals surface area contributed by atoms with Crippen LogP contribution in [-0.4, -0.2) is 44.3 Å². The van der Waals surface area contributed by atoms with Crippen molar-refractivity contribution in [2.24, 2.45) is 17.8 Å². The molecule has 0 radical (unpaired) electrons. The number of hydrogen-bond donors (Lipinski definition) is 0. The maximum atomic E-state index is 12.6. The van der Waals surface area contributed by atoms with Gasteiger partial charge < -0.3 is 14.2 Å². The molecule has 30 heavy (non-hydrogen) atoms. The Labute approximate surface area is 182 Å². The van der Waals surface area contributed by atoms with E-state index in [2.05, 4.69) is 44.7 Å². The van der Waals surface area contributed by atoms with E-state index in [0.717, 1.165) is 50.3 Å². The molecule has 2 aliphatic rings. The van der Waals surface area contributed by atoms with E-state index in [9.17, 15) is 4.79 Å². The van der Waals surface area contributed by atoms with E-state index in [0.29, 0.717) is 24.2 Å². The van der Waals surface area contributed by atoms with Crippen LogP contribution < -0.4 is 9.47 Å². The van der Waals surface area contributed by atoms with E-state index >= 15 is 0 Å². The number of hydrogen-bond acceptors (Lipinski definition) is 5. The van der Waals surface area contributed by atoms with Gasteiger partial charge in [-0.2, -0.15) is 0 Å². The number of carbonyl (C=O) groups excluding carboxylic acids is 1. The van der Waals surface area contributed by atoms with Crippen LogP contribution in [0.15, 0.2) is 12.1 Å². The van der Waals surface area contributed by atoms with Crippen molar-refractivity contribution < 1.29 is 19.0 Å². The normalized spacial score (nSPS) is 23.8. The van der Waals surface area contributed by atoms with Crippen LogP contribution in [0, 0.1) is 17.8 Å². The summed E-state index contributed by atoms with van der Waals surface area (Å²) in [5.41, 5.74) is 2.62. The highest BCUT2D eigenvalue weighted by molar-refractivity contribution is 5.69. The number of piperidine rings is 1. The lowest BCUT2D eigenvalue weighted by Gasteiger charge is -2.47. The molecule has 1 aromatic carbocycles. The third-order valence-electron chi connectivity index (χ3n) is 6.55. The van der Waals surface area contributed by atoms with E-state index in [1.807, 2.05) is 0 Å². The smallest absolute Gasteiger partial charge is 0.306 e. The minimum absolute atomic E-state index is 0.0210. The number of nitrogens with zero attached hydrogens (tertiary/aromatic N) is 1. The molecule has 168 valence electrons. The second-order valence-corrected chi connectivity index (χ2v) is 9.75. The molecule has 0 bridgehead atoms. The van der Waals surface area contributed by atoms with E-state index in [4.69, 9.17) is 14.2 Å². The third-order valence-corrected chi connectivity index (χ3v) is 6.55. The van der Waals surface area contributed by atoms with Crippen molar-refractivity contribution in [2.75, 3.05) is 27.3 Å². The van der Waals surface area contributed by atoms with Crippen molar-refractivity contribution in [3.8, 4) is 11.5 Å². The van der Waals surface area contributed by atoms with Crippen LogP contribution in [0.2, 0.25) is 0 Å². The Balaban J connectivity index is 1.83. The van der Waals surface area contributed by atoms with E-state index in [-0.39, 0.29) is 18.1 Å². The molecule has 0 unspecified atom stereocenters. The van der Waals surface area contributed by atoms with Crippen molar-refractivity contribution in [1.82, 2.24) is 4.90 Å². The van der Waals surface area contributed by atoms with Gasteiger partial charge in [0.25, 0.3) is 0 Å². The Morgan fingerprint density at radius 3 is 2.43 bits per heavy atom. The van der Waals surface area contributed by atoms with Crippen LogP contribution in [0.4, 0.5) is 0 Å². The molecular formula is C25H39NO4. The first kappa shape index (κ1) is 22.9. The molecular weight excluding hydrogens is 378 g/mol. The molecule has 0 aromatic heterocycles. The van der Waals surface area contributed by atoms with Crippen molar-refractivity contribution >= 4 is 5.97 Å². The summed E-state index contributed by atoms with van der Waals surface area (Å²) >= 11 is 0. The van der Waals surface area contributed by atoms with Crippen LogP contribution in [0.25, 0.3) is 0 Å². The molecule has 1 aromatic rings. The number of fused-ring (bicyclic) bond motifs is 3. The van der Waals surface area contributed by atoms with E-state index in [1.165, 1.54) is 11.1 Å². The molecule has 5 heteroatoms. The average molecular weight is 418 g/mol. The van der Waals surface area contributed by atoms with Gasteiger partial charge in [0.05, 0.1) is 14.2 Å². The summed E-state index contributed by atoms with van der Waals surface area (Å²) in [5.74, 6) is 3.01. The molecule has 1 saturated heterocycles. The summed E-state index contributed by atoms with van der Waals surface area (Å²) in [6.45, 7) is 10.8. The minimum Gasteiger partial charge on any atom is -0.493 e. The van der Waals surface area contributed by atoms with Gasteiger partial charge in [-0.15, -0.1) is 0 Å². The van der Waals surface area contributed by atoms with Crippen molar-refractivity contribution in [3.05, 3.63) is 23.3 Å². The minimum atomic E-state index is -0.0424. The summed E-state index contributed by atoms with van der Waals surface area (Å²) in [4.78, 5) is 15.1. The van der Waals surface area contributed by atoms with Gasteiger partial charge in [-0.05, 0) is 54.4 Å². The first-order valence-electron chi connectivity index (χ1n) is 11.5. The topological polar surface area (TPSA) is 48.0 Å². The zero-order chi connectivity index (χ0) is 21.8. The number of carbonyl (C=O) groups is 1. The molecule has 3 rings (SSSR count). The molecule has 0 saturated carbocycles. The lowest BCUT2D eigenvalue weighted by atomic mass is 9.79. The second kappa shape index (κ2) is 10.0. The Hall–Kier alpha value is -1.75. The van der Waals surface area contributed by atoms with E-state index < -0.39 is 0 Å². The van der Waals surface area contributed by atoms with Crippen LogP contribution in [0.1, 0.15) is 70.5 Å². The summed E-state index contributed by atoms with van der Waals surface area (Å²) in [5, 5.41) is 0. The van der Waals surface area contributed by atoms with Gasteiger partial charge in [-0.25, -0.2) is 0 Å². The van der Waals surface area contributed by atoms with Gasteiger partial charge in [-0.3, -0.25) is 9.69 Å². The SMILES string of the molecule is COc1cc2c(cc1OC)[C@H]1C[C@@H](OC(=O)CCC(C)C)[C@H](CC(C)C)CN1CC2. The zero-order valence-corrected chi connectivity index (χ0v) is 19.6. The van der Waals surface area contributed by atoms with Gasteiger partial charge in [-0.1, -0.05) is 27.7 Å². The molecule has 2 heterocycles. The quantitative estimate of drug-likeness (QED) is 0.556. The van der Waals surface area contributed by atoms with Gasteiger partial charge in [0.1, 0.15) is 6.10 Å². The highest BCUT2D eigenvalue weighted by atomic mass is 16.5. The first-order chi connectivity index (χ1) is 14.3. The van der Waals surface area contributed by atoms with Gasteiger partial charge in [0.2, 0.25) is 0 Å². The molecule has 0 amide bonds. The Morgan fingerprint density at radius 1 is 1.10 bits per heavy atom. The Kier molecular flexibility index (Phi) is 7.67. The summed E-state index contributed by atoms with van der Waals surface area (Å²) < 4.78 is 17.2. The van der Waals surface area contributed by atoms with Gasteiger partial charge in [0, 0.05) is 37.9 Å². The van der Waals surface area contributed by atoms with E-state index in [1.54, 1.807) is 14.2 Å². The fourth-order valence-electron chi connectivity index (χ4n) is 5.02. The fraction of sp³-hybridized carbons (Fsp3) is 0.720. The van der Waals surface area contributed by atoms with Crippen molar-refractivity contribution in [1.29, 1.82) is 0 Å². The Morgan fingerprint density at radius 2 is 1.80 bits per heavy atom. The number of methoxy groups -OCH3 is 2. The maximum absolute atomic E-state index is 12.6. The molecule has 1 fully saturated rings. The molecule has 5 nitrogen and oxygen atoms in total. The fourth-order valence-corrected chi connectivity index (χ4v) is 5.02. The molecule has 0 spiro atoms. The number of rotatable bonds is 8. The van der Waals surface area contributed by atoms with Crippen molar-refractivity contribution in [3.63, 3.8) is 0 Å². The summed E-state index contributed by atoms with van der Waals surface area (Å²) in [6.07, 6.45) is 4.33. The Bertz CT molecular complexity index is 730. The monoisotopic (exact) mass is 417 g/mol. The third kappa shape index (κ3) is 5.29. The van der Waals surface area contributed by atoms with Crippen molar-refractivity contribution in [2.45, 2.75) is 71.9 Å². The van der Waals surface area contributed by atoms with Gasteiger partial charge in [0.15, 0.2) is 11.5 Å². The van der Waals surface area contributed by atoms with Gasteiger partial charge >= 0.3 is 5.97 Å². The maximum Gasteiger partial charge on any atom is 0.306 e. The first-order valence-corrected chi connectivity index (χ1v) is 11.5. The largest absolute Gasteiger partial charge is 0.493 e. The van der Waals surface area contributed by atoms with Crippen LogP contribution in [0.5, 0.6) is 11.5 Å². The standard InChI is InChI=1S/C25H39NO4/c1-16(2)7-8-25(27)30-22-14-21-20-13-24(29-6)23(28-5)12-18(20)9-10-26(21)15-19(22)11-17(3)4/h12-13,16-17,19,21-22H,7-11,14-15H2,1-6H3/t19-,21-,22-/m1/s1. The molecule has 0 N–H and O–H groups in total. The second-order valence-electron chi connectivity index (χ2n) is 9.75. The number of benzene rings is 1. The van der Waals surface area contributed by atoms with Crippen LogP contribution >= 0.6 is 0 Å². The lowest BCUT2D eigenvalue weighted by Crippen LogP contribution is -2.49. The molecule has 3 atom stereocenters. The highest BCUT2D eigenvalue weighted by Crippen LogP contribution is 2.44.